The molecule has 94 valence electrons. The van der Waals surface area contributed by atoms with Crippen LogP contribution >= 0.6 is 0 Å². The molecule has 2 aromatic rings. The zero-order valence-electron chi connectivity index (χ0n) is 10.7. The number of halogens is 1. The number of rotatable bonds is 2. The molecular weight excluding hydrogens is 229 g/mol. The van der Waals surface area contributed by atoms with Gasteiger partial charge in [0.1, 0.15) is 11.4 Å². The van der Waals surface area contributed by atoms with Gasteiger partial charge in [0.25, 0.3) is 0 Å². The first-order valence-electron chi connectivity index (χ1n) is 5.82. The van der Waals surface area contributed by atoms with Crippen molar-refractivity contribution in [1.29, 1.82) is 0 Å². The monoisotopic (exact) mass is 245 g/mol. The van der Waals surface area contributed by atoms with E-state index >= 15 is 0 Å². The van der Waals surface area contributed by atoms with Crippen LogP contribution in [0.5, 0.6) is 0 Å². The fourth-order valence-electron chi connectivity index (χ4n) is 2.18. The summed E-state index contributed by atoms with van der Waals surface area (Å²) in [5, 5.41) is 10.6. The van der Waals surface area contributed by atoms with E-state index in [4.69, 9.17) is 0 Å². The maximum absolute atomic E-state index is 13.7. The lowest BCUT2D eigenvalue weighted by Gasteiger charge is -2.25. The number of nitrogens with zero attached hydrogens (tertiary/aromatic N) is 1. The van der Waals surface area contributed by atoms with Gasteiger partial charge in [-0.1, -0.05) is 29.3 Å². The lowest BCUT2D eigenvalue weighted by atomic mass is 9.87. The molecule has 0 aliphatic rings. The van der Waals surface area contributed by atoms with Gasteiger partial charge in [0.15, 0.2) is 0 Å². The maximum atomic E-state index is 13.7. The van der Waals surface area contributed by atoms with Crippen molar-refractivity contribution in [1.82, 2.24) is 4.98 Å². The van der Waals surface area contributed by atoms with Crippen molar-refractivity contribution in [3.05, 3.63) is 64.7 Å². The van der Waals surface area contributed by atoms with Crippen LogP contribution in [0.4, 0.5) is 4.39 Å². The largest absolute Gasteiger partial charge is 0.381 e. The molecule has 1 heterocycles. The summed E-state index contributed by atoms with van der Waals surface area (Å²) in [5.41, 5.74) is 1.65. The minimum atomic E-state index is -1.36. The van der Waals surface area contributed by atoms with Crippen LogP contribution in [-0.4, -0.2) is 10.1 Å². The molecule has 1 N–H and O–H groups in total. The van der Waals surface area contributed by atoms with Gasteiger partial charge in [-0.15, -0.1) is 0 Å². The van der Waals surface area contributed by atoms with E-state index < -0.39 is 11.4 Å². The second kappa shape index (κ2) is 4.50. The molecular formula is C15H16FNO. The molecule has 2 rings (SSSR count). The topological polar surface area (TPSA) is 33.1 Å². The first-order valence-corrected chi connectivity index (χ1v) is 5.82. The normalized spacial score (nSPS) is 14.3. The SMILES string of the molecule is Cc1cc(C)cc(C(C)(O)c2ccncc2F)c1. The van der Waals surface area contributed by atoms with Crippen molar-refractivity contribution < 1.29 is 9.50 Å². The van der Waals surface area contributed by atoms with Gasteiger partial charge in [0.2, 0.25) is 0 Å². The van der Waals surface area contributed by atoms with Crippen molar-refractivity contribution in [2.45, 2.75) is 26.4 Å². The quantitative estimate of drug-likeness (QED) is 0.882. The zero-order valence-corrected chi connectivity index (χ0v) is 10.7. The van der Waals surface area contributed by atoms with Crippen molar-refractivity contribution >= 4 is 0 Å². The summed E-state index contributed by atoms with van der Waals surface area (Å²) in [7, 11) is 0. The number of benzene rings is 1. The molecule has 0 aliphatic carbocycles. The van der Waals surface area contributed by atoms with Gasteiger partial charge in [0, 0.05) is 11.8 Å². The summed E-state index contributed by atoms with van der Waals surface area (Å²) in [6, 6.07) is 7.26. The Labute approximate surface area is 106 Å². The summed E-state index contributed by atoms with van der Waals surface area (Å²) >= 11 is 0. The molecule has 1 aromatic carbocycles. The number of hydrogen-bond acceptors (Lipinski definition) is 2. The molecule has 1 unspecified atom stereocenters. The Bertz CT molecular complexity index is 558. The van der Waals surface area contributed by atoms with E-state index in [-0.39, 0.29) is 5.56 Å². The molecule has 0 fully saturated rings. The number of aliphatic hydroxyl groups is 1. The predicted octanol–water partition coefficient (Wildman–Crippen LogP) is 3.09. The van der Waals surface area contributed by atoms with Crippen LogP contribution in [0, 0.1) is 19.7 Å². The Morgan fingerprint density at radius 3 is 2.33 bits per heavy atom. The van der Waals surface area contributed by atoms with Crippen molar-refractivity contribution in [2.75, 3.05) is 0 Å². The first kappa shape index (κ1) is 12.7. The second-order valence-corrected chi connectivity index (χ2v) is 4.80. The molecule has 0 saturated heterocycles. The molecule has 0 radical (unpaired) electrons. The van der Waals surface area contributed by atoms with Crippen LogP contribution in [0.25, 0.3) is 0 Å². The minimum Gasteiger partial charge on any atom is -0.381 e. The summed E-state index contributed by atoms with van der Waals surface area (Å²) in [6.07, 6.45) is 2.60. The fraction of sp³-hybridized carbons (Fsp3) is 0.267. The number of aryl methyl sites for hydroxylation is 2. The molecule has 0 spiro atoms. The van der Waals surface area contributed by atoms with Crippen LogP contribution in [0.3, 0.4) is 0 Å². The first-order chi connectivity index (χ1) is 8.41. The Morgan fingerprint density at radius 1 is 1.17 bits per heavy atom. The molecule has 0 amide bonds. The smallest absolute Gasteiger partial charge is 0.147 e. The van der Waals surface area contributed by atoms with E-state index in [1.807, 2.05) is 32.0 Å². The summed E-state index contributed by atoms with van der Waals surface area (Å²) in [5.74, 6) is -0.498. The molecule has 2 nitrogen and oxygen atoms in total. The molecule has 18 heavy (non-hydrogen) atoms. The lowest BCUT2D eigenvalue weighted by molar-refractivity contribution is 0.0976. The summed E-state index contributed by atoms with van der Waals surface area (Å²) in [6.45, 7) is 5.50. The number of pyridine rings is 1. The van der Waals surface area contributed by atoms with E-state index in [1.165, 1.54) is 12.3 Å². The van der Waals surface area contributed by atoms with E-state index in [2.05, 4.69) is 4.98 Å². The molecule has 0 saturated carbocycles. The highest BCUT2D eigenvalue weighted by molar-refractivity contribution is 5.39. The van der Waals surface area contributed by atoms with Crippen molar-refractivity contribution in [3.63, 3.8) is 0 Å². The summed E-state index contributed by atoms with van der Waals surface area (Å²) in [4.78, 5) is 3.70. The van der Waals surface area contributed by atoms with Gasteiger partial charge in [-0.2, -0.15) is 0 Å². The van der Waals surface area contributed by atoms with Crippen LogP contribution in [-0.2, 0) is 5.60 Å². The minimum absolute atomic E-state index is 0.238. The van der Waals surface area contributed by atoms with Crippen LogP contribution in [0.1, 0.15) is 29.2 Å². The highest BCUT2D eigenvalue weighted by atomic mass is 19.1. The third kappa shape index (κ3) is 2.27. The Morgan fingerprint density at radius 2 is 1.78 bits per heavy atom. The number of hydrogen-bond donors (Lipinski definition) is 1. The van der Waals surface area contributed by atoms with Crippen LogP contribution in [0.15, 0.2) is 36.7 Å². The molecule has 0 aliphatic heterocycles. The Balaban J connectivity index is 2.57. The van der Waals surface area contributed by atoms with Gasteiger partial charge in [-0.25, -0.2) is 4.39 Å². The van der Waals surface area contributed by atoms with Gasteiger partial charge in [0.05, 0.1) is 6.20 Å². The molecule has 1 atom stereocenters. The standard InChI is InChI=1S/C15H16FNO/c1-10-6-11(2)8-12(7-10)15(3,18)13-4-5-17-9-14(13)16/h4-9,18H,1-3H3. The van der Waals surface area contributed by atoms with Gasteiger partial charge >= 0.3 is 0 Å². The fourth-order valence-corrected chi connectivity index (χ4v) is 2.18. The Kier molecular flexibility index (Phi) is 3.18. The Hall–Kier alpha value is -1.74. The molecule has 1 aromatic heterocycles. The van der Waals surface area contributed by atoms with E-state index in [0.717, 1.165) is 17.3 Å². The lowest BCUT2D eigenvalue weighted by Crippen LogP contribution is -2.24. The van der Waals surface area contributed by atoms with Crippen molar-refractivity contribution in [2.24, 2.45) is 0 Å². The average Bonchev–Trinajstić information content (AvgIpc) is 2.28. The van der Waals surface area contributed by atoms with E-state index in [1.54, 1.807) is 6.92 Å². The van der Waals surface area contributed by atoms with Gasteiger partial charge in [-0.3, -0.25) is 4.98 Å². The van der Waals surface area contributed by atoms with E-state index in [9.17, 15) is 9.50 Å². The van der Waals surface area contributed by atoms with Crippen LogP contribution < -0.4 is 0 Å². The predicted molar refractivity (Wildman–Crippen MR) is 68.8 cm³/mol. The average molecular weight is 245 g/mol. The third-order valence-electron chi connectivity index (χ3n) is 3.08. The molecule has 3 heteroatoms. The van der Waals surface area contributed by atoms with Gasteiger partial charge < -0.3 is 5.11 Å². The number of aromatic nitrogens is 1. The van der Waals surface area contributed by atoms with E-state index in [0.29, 0.717) is 5.56 Å². The van der Waals surface area contributed by atoms with Gasteiger partial charge in [-0.05, 0) is 32.4 Å². The maximum Gasteiger partial charge on any atom is 0.147 e. The highest BCUT2D eigenvalue weighted by Gasteiger charge is 2.29. The highest BCUT2D eigenvalue weighted by Crippen LogP contribution is 2.31. The van der Waals surface area contributed by atoms with Crippen LogP contribution in [0.2, 0.25) is 0 Å². The van der Waals surface area contributed by atoms with Crippen molar-refractivity contribution in [3.8, 4) is 0 Å². The second-order valence-electron chi connectivity index (χ2n) is 4.80. The third-order valence-corrected chi connectivity index (χ3v) is 3.08. The zero-order chi connectivity index (χ0) is 13.3. The summed E-state index contributed by atoms with van der Waals surface area (Å²) < 4.78 is 13.7. The molecule has 0 bridgehead atoms.